The van der Waals surface area contributed by atoms with E-state index in [1.54, 1.807) is 11.8 Å². The lowest BCUT2D eigenvalue weighted by molar-refractivity contribution is -0.132. The van der Waals surface area contributed by atoms with E-state index in [-0.39, 0.29) is 12.5 Å². The molecular weight excluding hydrogens is 487 g/mol. The Morgan fingerprint density at radius 1 is 1.27 bits per heavy atom. The van der Waals surface area contributed by atoms with Crippen LogP contribution < -0.4 is 9.64 Å². The highest BCUT2D eigenvalue weighted by Gasteiger charge is 2.23. The molecule has 2 aromatic rings. The van der Waals surface area contributed by atoms with Gasteiger partial charge in [-0.3, -0.25) is 4.79 Å². The van der Waals surface area contributed by atoms with E-state index in [1.165, 1.54) is 0 Å². The van der Waals surface area contributed by atoms with Crippen LogP contribution in [0.25, 0.3) is 0 Å². The van der Waals surface area contributed by atoms with Gasteiger partial charge < -0.3 is 14.5 Å². The molecule has 1 aromatic heterocycles. The van der Waals surface area contributed by atoms with E-state index in [0.717, 1.165) is 33.5 Å². The number of rotatable bonds is 4. The van der Waals surface area contributed by atoms with Crippen LogP contribution in [-0.4, -0.2) is 53.9 Å². The van der Waals surface area contributed by atoms with Crippen molar-refractivity contribution in [1.29, 1.82) is 0 Å². The Bertz CT molecular complexity index is 819. The monoisotopic (exact) mass is 504 g/mol. The highest BCUT2D eigenvalue weighted by Crippen LogP contribution is 2.30. The molecule has 0 saturated carbocycles. The lowest BCUT2D eigenvalue weighted by Gasteiger charge is -2.36. The van der Waals surface area contributed by atoms with E-state index in [4.69, 9.17) is 16.3 Å². The van der Waals surface area contributed by atoms with E-state index in [2.05, 4.69) is 41.9 Å². The number of nitrogens with zero attached hydrogens (tertiary/aromatic N) is 4. The fourth-order valence-electron chi connectivity index (χ4n) is 2.92. The maximum absolute atomic E-state index is 12.6. The Balaban J connectivity index is 1.61. The number of hydrogen-bond acceptors (Lipinski definition) is 4. The van der Waals surface area contributed by atoms with Gasteiger partial charge in [-0.15, -0.1) is 0 Å². The Morgan fingerprint density at radius 2 is 1.96 bits per heavy atom. The molecule has 1 aliphatic rings. The largest absolute Gasteiger partial charge is 0.495 e. The Labute approximate surface area is 174 Å². The van der Waals surface area contributed by atoms with E-state index >= 15 is 0 Å². The lowest BCUT2D eigenvalue weighted by Crippen LogP contribution is -2.49. The van der Waals surface area contributed by atoms with Crippen molar-refractivity contribution in [3.8, 4) is 5.75 Å². The molecule has 0 radical (unpaired) electrons. The van der Waals surface area contributed by atoms with E-state index in [1.807, 2.05) is 30.0 Å². The van der Waals surface area contributed by atoms with Crippen molar-refractivity contribution in [2.45, 2.75) is 13.5 Å². The molecule has 6 nitrogen and oxygen atoms in total. The molecule has 1 aliphatic heterocycles. The summed E-state index contributed by atoms with van der Waals surface area (Å²) in [5, 5.41) is 4.97. The fraction of sp³-hybridized carbons (Fsp3) is 0.412. The Hall–Kier alpha value is -1.25. The molecule has 1 amide bonds. The first-order valence-electron chi connectivity index (χ1n) is 8.15. The molecule has 0 N–H and O–H groups in total. The van der Waals surface area contributed by atoms with E-state index < -0.39 is 0 Å². The molecule has 140 valence electrons. The zero-order valence-corrected chi connectivity index (χ0v) is 18.4. The first-order chi connectivity index (χ1) is 12.4. The van der Waals surface area contributed by atoms with Crippen LogP contribution >= 0.6 is 43.5 Å². The van der Waals surface area contributed by atoms with Crippen LogP contribution in [0.15, 0.2) is 27.3 Å². The molecule has 0 aliphatic carbocycles. The molecule has 0 atom stereocenters. The minimum atomic E-state index is 0.0639. The van der Waals surface area contributed by atoms with Crippen LogP contribution in [0.1, 0.15) is 5.69 Å². The van der Waals surface area contributed by atoms with Gasteiger partial charge in [0.05, 0.1) is 22.3 Å². The third-order valence-corrected chi connectivity index (χ3v) is 7.01. The average molecular weight is 507 g/mol. The maximum atomic E-state index is 12.6. The van der Waals surface area contributed by atoms with Gasteiger partial charge >= 0.3 is 0 Å². The summed E-state index contributed by atoms with van der Waals surface area (Å²) in [4.78, 5) is 16.7. The predicted octanol–water partition coefficient (Wildman–Crippen LogP) is 3.73. The molecule has 1 saturated heterocycles. The van der Waals surface area contributed by atoms with E-state index in [9.17, 15) is 4.79 Å². The second-order valence-corrected chi connectivity index (χ2v) is 7.99. The molecule has 0 bridgehead atoms. The van der Waals surface area contributed by atoms with Gasteiger partial charge in [0.25, 0.3) is 0 Å². The number of amides is 1. The van der Waals surface area contributed by atoms with Gasteiger partial charge in [-0.2, -0.15) is 5.10 Å². The molecule has 0 spiro atoms. The van der Waals surface area contributed by atoms with Crippen molar-refractivity contribution in [3.63, 3.8) is 0 Å². The number of methoxy groups -OCH3 is 1. The van der Waals surface area contributed by atoms with Crippen molar-refractivity contribution >= 4 is 55.1 Å². The van der Waals surface area contributed by atoms with Gasteiger partial charge in [0.15, 0.2) is 0 Å². The average Bonchev–Trinajstić information content (AvgIpc) is 2.89. The summed E-state index contributed by atoms with van der Waals surface area (Å²) in [6, 6.07) is 5.74. The highest BCUT2D eigenvalue weighted by atomic mass is 79.9. The standard InChI is InChI=1S/C17H19Br2ClN4O2/c1-11-16(18)17(19)24(21-11)10-15(25)23-7-5-22(6-8-23)12-3-4-13(20)14(9-12)26-2/h3-4,9H,5-8,10H2,1-2H3. The number of carbonyl (C=O) groups excluding carboxylic acids is 1. The Morgan fingerprint density at radius 3 is 2.54 bits per heavy atom. The minimum Gasteiger partial charge on any atom is -0.495 e. The third kappa shape index (κ3) is 4.02. The van der Waals surface area contributed by atoms with Crippen LogP contribution in [-0.2, 0) is 11.3 Å². The molecule has 1 aromatic carbocycles. The smallest absolute Gasteiger partial charge is 0.244 e. The zero-order chi connectivity index (χ0) is 18.8. The molecule has 2 heterocycles. The van der Waals surface area contributed by atoms with Gasteiger partial charge in [-0.25, -0.2) is 4.68 Å². The zero-order valence-electron chi connectivity index (χ0n) is 14.5. The summed E-state index contributed by atoms with van der Waals surface area (Å²) in [7, 11) is 1.61. The highest BCUT2D eigenvalue weighted by molar-refractivity contribution is 9.13. The fourth-order valence-corrected chi connectivity index (χ4v) is 3.89. The van der Waals surface area contributed by atoms with Gasteiger partial charge in [0, 0.05) is 37.9 Å². The van der Waals surface area contributed by atoms with Gasteiger partial charge in [0.1, 0.15) is 16.9 Å². The maximum Gasteiger partial charge on any atom is 0.244 e. The summed E-state index contributed by atoms with van der Waals surface area (Å²) in [6.07, 6.45) is 0. The second-order valence-electron chi connectivity index (χ2n) is 6.03. The molecular formula is C17H19Br2ClN4O2. The van der Waals surface area contributed by atoms with Crippen LogP contribution in [0, 0.1) is 6.92 Å². The number of anilines is 1. The summed E-state index contributed by atoms with van der Waals surface area (Å²) >= 11 is 13.0. The summed E-state index contributed by atoms with van der Waals surface area (Å²) in [5.74, 6) is 0.723. The Kier molecular flexibility index (Phi) is 6.14. The number of aryl methyl sites for hydroxylation is 1. The van der Waals surface area contributed by atoms with Crippen molar-refractivity contribution < 1.29 is 9.53 Å². The van der Waals surface area contributed by atoms with Crippen LogP contribution in [0.4, 0.5) is 5.69 Å². The van der Waals surface area contributed by atoms with Gasteiger partial charge in [0.2, 0.25) is 5.91 Å². The van der Waals surface area contributed by atoms with Crippen molar-refractivity contribution in [1.82, 2.24) is 14.7 Å². The first kappa shape index (κ1) is 19.5. The number of piperazine rings is 1. The van der Waals surface area contributed by atoms with Gasteiger partial charge in [-0.1, -0.05) is 11.6 Å². The quantitative estimate of drug-likeness (QED) is 0.634. The number of hydrogen-bond donors (Lipinski definition) is 0. The number of carbonyl (C=O) groups is 1. The number of halogens is 3. The first-order valence-corrected chi connectivity index (χ1v) is 10.1. The van der Waals surface area contributed by atoms with Crippen molar-refractivity contribution in [2.24, 2.45) is 0 Å². The topological polar surface area (TPSA) is 50.6 Å². The van der Waals surface area contributed by atoms with Crippen molar-refractivity contribution in [2.75, 3.05) is 38.2 Å². The normalized spacial score (nSPS) is 14.7. The molecule has 1 fully saturated rings. The molecule has 9 heteroatoms. The summed E-state index contributed by atoms with van der Waals surface area (Å²) in [6.45, 7) is 4.99. The summed E-state index contributed by atoms with van der Waals surface area (Å²) < 4.78 is 8.63. The molecule has 26 heavy (non-hydrogen) atoms. The molecule has 0 unspecified atom stereocenters. The number of ether oxygens (including phenoxy) is 1. The minimum absolute atomic E-state index is 0.0639. The molecule has 3 rings (SSSR count). The van der Waals surface area contributed by atoms with Crippen LogP contribution in [0.3, 0.4) is 0 Å². The summed E-state index contributed by atoms with van der Waals surface area (Å²) in [5.41, 5.74) is 1.90. The SMILES string of the molecule is COc1cc(N2CCN(C(=O)Cn3nc(C)c(Br)c3Br)CC2)ccc1Cl. The second kappa shape index (κ2) is 8.19. The lowest BCUT2D eigenvalue weighted by atomic mass is 10.2. The number of aromatic nitrogens is 2. The van der Waals surface area contributed by atoms with E-state index in [0.29, 0.717) is 23.9 Å². The number of benzene rings is 1. The van der Waals surface area contributed by atoms with Gasteiger partial charge in [-0.05, 0) is 50.9 Å². The predicted molar refractivity (Wildman–Crippen MR) is 109 cm³/mol. The van der Waals surface area contributed by atoms with Crippen molar-refractivity contribution in [3.05, 3.63) is 38.0 Å². The van der Waals surface area contributed by atoms with Crippen LogP contribution in [0.2, 0.25) is 5.02 Å². The van der Waals surface area contributed by atoms with Crippen LogP contribution in [0.5, 0.6) is 5.75 Å². The third-order valence-electron chi connectivity index (χ3n) is 4.41.